The highest BCUT2D eigenvalue weighted by atomic mass is 16.5. The summed E-state index contributed by atoms with van der Waals surface area (Å²) in [6.07, 6.45) is 2.67. The molecule has 1 aliphatic rings. The molecule has 1 aliphatic heterocycles. The van der Waals surface area contributed by atoms with Gasteiger partial charge in [-0.05, 0) is 6.42 Å². The van der Waals surface area contributed by atoms with Crippen molar-refractivity contribution >= 4 is 11.7 Å². The van der Waals surface area contributed by atoms with Crippen molar-refractivity contribution in [3.63, 3.8) is 0 Å². The molecule has 1 atom stereocenters. The number of ether oxygens (including phenoxy) is 1. The van der Waals surface area contributed by atoms with Crippen LogP contribution in [0.2, 0.25) is 0 Å². The first-order chi connectivity index (χ1) is 9.52. The van der Waals surface area contributed by atoms with Gasteiger partial charge in [0.2, 0.25) is 0 Å². The molecule has 0 aliphatic carbocycles. The van der Waals surface area contributed by atoms with E-state index in [4.69, 9.17) is 4.74 Å². The molecule has 1 aromatic rings. The fraction of sp³-hybridized carbons (Fsp3) is 0.643. The molecule has 1 saturated heterocycles. The van der Waals surface area contributed by atoms with Crippen molar-refractivity contribution in [1.29, 1.82) is 0 Å². The number of carbonyl (C=O) groups is 1. The van der Waals surface area contributed by atoms with Crippen molar-refractivity contribution in [3.8, 4) is 0 Å². The summed E-state index contributed by atoms with van der Waals surface area (Å²) in [7, 11) is 0. The van der Waals surface area contributed by atoms with Crippen molar-refractivity contribution in [2.24, 2.45) is 0 Å². The third kappa shape index (κ3) is 3.07. The lowest BCUT2D eigenvalue weighted by molar-refractivity contribution is 0.0381. The maximum Gasteiger partial charge on any atom is 0.356 e. The van der Waals surface area contributed by atoms with Crippen molar-refractivity contribution < 1.29 is 14.6 Å². The van der Waals surface area contributed by atoms with E-state index in [0.29, 0.717) is 31.2 Å². The molecule has 6 nitrogen and oxygen atoms in total. The number of rotatable bonds is 4. The number of carboxylic acid groups (broad SMARTS) is 1. The first kappa shape index (κ1) is 14.7. The van der Waals surface area contributed by atoms with Gasteiger partial charge in [0, 0.05) is 19.0 Å². The highest BCUT2D eigenvalue weighted by Crippen LogP contribution is 2.23. The Balaban J connectivity index is 2.32. The predicted octanol–water partition coefficient (Wildman–Crippen LogP) is 1.91. The van der Waals surface area contributed by atoms with Crippen molar-refractivity contribution in [3.05, 3.63) is 17.7 Å². The molecule has 1 unspecified atom stereocenters. The van der Waals surface area contributed by atoms with Crippen LogP contribution in [0.3, 0.4) is 0 Å². The Morgan fingerprint density at radius 2 is 2.35 bits per heavy atom. The summed E-state index contributed by atoms with van der Waals surface area (Å²) < 4.78 is 5.61. The molecule has 0 bridgehead atoms. The molecule has 0 spiro atoms. The summed E-state index contributed by atoms with van der Waals surface area (Å²) >= 11 is 0. The SMILES string of the molecule is CCC1CN(c2cnc(C(C)C)nc2C(=O)O)CCO1. The number of anilines is 1. The van der Waals surface area contributed by atoms with Gasteiger partial charge < -0.3 is 14.7 Å². The number of carboxylic acids is 1. The van der Waals surface area contributed by atoms with Crippen LogP contribution in [0.15, 0.2) is 6.20 Å². The Bertz CT molecular complexity index is 491. The van der Waals surface area contributed by atoms with Crippen LogP contribution in [0.25, 0.3) is 0 Å². The molecule has 0 saturated carbocycles. The largest absolute Gasteiger partial charge is 0.476 e. The van der Waals surface area contributed by atoms with E-state index >= 15 is 0 Å². The molecule has 0 radical (unpaired) electrons. The lowest BCUT2D eigenvalue weighted by Crippen LogP contribution is -2.43. The van der Waals surface area contributed by atoms with E-state index in [2.05, 4.69) is 16.9 Å². The lowest BCUT2D eigenvalue weighted by atomic mass is 10.1. The zero-order valence-electron chi connectivity index (χ0n) is 12.2. The van der Waals surface area contributed by atoms with Crippen molar-refractivity contribution in [2.45, 2.75) is 39.2 Å². The quantitative estimate of drug-likeness (QED) is 0.907. The summed E-state index contributed by atoms with van der Waals surface area (Å²) in [5, 5.41) is 9.38. The average molecular weight is 279 g/mol. The number of morpholine rings is 1. The molecule has 110 valence electrons. The second-order valence-electron chi connectivity index (χ2n) is 5.27. The fourth-order valence-electron chi connectivity index (χ4n) is 2.24. The smallest absolute Gasteiger partial charge is 0.356 e. The van der Waals surface area contributed by atoms with Crippen molar-refractivity contribution in [1.82, 2.24) is 9.97 Å². The number of aromatic nitrogens is 2. The Labute approximate surface area is 118 Å². The summed E-state index contributed by atoms with van der Waals surface area (Å²) in [5.74, 6) is -0.342. The molecule has 1 aromatic heterocycles. The molecule has 20 heavy (non-hydrogen) atoms. The minimum absolute atomic E-state index is 0.0838. The van der Waals surface area contributed by atoms with E-state index in [1.807, 2.05) is 18.7 Å². The third-order valence-electron chi connectivity index (χ3n) is 3.44. The van der Waals surface area contributed by atoms with Crippen LogP contribution in [0, 0.1) is 0 Å². The highest BCUT2D eigenvalue weighted by Gasteiger charge is 2.25. The Morgan fingerprint density at radius 1 is 1.60 bits per heavy atom. The van der Waals surface area contributed by atoms with Gasteiger partial charge in [-0.1, -0.05) is 20.8 Å². The van der Waals surface area contributed by atoms with E-state index in [-0.39, 0.29) is 17.7 Å². The number of aromatic carboxylic acids is 1. The lowest BCUT2D eigenvalue weighted by Gasteiger charge is -2.34. The predicted molar refractivity (Wildman–Crippen MR) is 75.3 cm³/mol. The van der Waals surface area contributed by atoms with Gasteiger partial charge in [-0.2, -0.15) is 0 Å². The minimum Gasteiger partial charge on any atom is -0.476 e. The van der Waals surface area contributed by atoms with Gasteiger partial charge in [0.05, 0.1) is 24.6 Å². The summed E-state index contributed by atoms with van der Waals surface area (Å²) in [6.45, 7) is 7.90. The van der Waals surface area contributed by atoms with Gasteiger partial charge in [-0.15, -0.1) is 0 Å². The van der Waals surface area contributed by atoms with Gasteiger partial charge in [-0.3, -0.25) is 0 Å². The molecule has 0 amide bonds. The van der Waals surface area contributed by atoms with Crippen LogP contribution in [-0.2, 0) is 4.74 Å². The first-order valence-electron chi connectivity index (χ1n) is 6.99. The topological polar surface area (TPSA) is 75.6 Å². The molecule has 1 N–H and O–H groups in total. The Morgan fingerprint density at radius 3 is 2.95 bits per heavy atom. The second-order valence-corrected chi connectivity index (χ2v) is 5.27. The molecule has 2 rings (SSSR count). The molecule has 0 aromatic carbocycles. The monoisotopic (exact) mass is 279 g/mol. The maximum atomic E-state index is 11.4. The van der Waals surface area contributed by atoms with Crippen LogP contribution >= 0.6 is 0 Å². The van der Waals surface area contributed by atoms with Crippen LogP contribution in [0.4, 0.5) is 5.69 Å². The van der Waals surface area contributed by atoms with Crippen LogP contribution in [0.1, 0.15) is 49.4 Å². The van der Waals surface area contributed by atoms with E-state index in [9.17, 15) is 9.90 Å². The minimum atomic E-state index is -1.01. The van der Waals surface area contributed by atoms with Gasteiger partial charge >= 0.3 is 5.97 Å². The molecular weight excluding hydrogens is 258 g/mol. The van der Waals surface area contributed by atoms with E-state index < -0.39 is 5.97 Å². The molecule has 1 fully saturated rings. The van der Waals surface area contributed by atoms with Crippen LogP contribution < -0.4 is 4.90 Å². The molecule has 6 heteroatoms. The zero-order valence-corrected chi connectivity index (χ0v) is 12.2. The summed E-state index contributed by atoms with van der Waals surface area (Å²) in [4.78, 5) is 21.9. The molecule has 2 heterocycles. The number of nitrogens with zero attached hydrogens (tertiary/aromatic N) is 3. The first-order valence-corrected chi connectivity index (χ1v) is 6.99. The zero-order chi connectivity index (χ0) is 14.7. The Kier molecular flexibility index (Phi) is 4.54. The summed E-state index contributed by atoms with van der Waals surface area (Å²) in [5.41, 5.74) is 0.670. The normalized spacial score (nSPS) is 19.4. The van der Waals surface area contributed by atoms with Crippen LogP contribution in [-0.4, -0.2) is 46.8 Å². The third-order valence-corrected chi connectivity index (χ3v) is 3.44. The van der Waals surface area contributed by atoms with E-state index in [1.165, 1.54) is 0 Å². The summed E-state index contributed by atoms with van der Waals surface area (Å²) in [6, 6.07) is 0. The maximum absolute atomic E-state index is 11.4. The van der Waals surface area contributed by atoms with E-state index in [1.54, 1.807) is 6.20 Å². The number of hydrogen-bond donors (Lipinski definition) is 1. The second kappa shape index (κ2) is 6.17. The number of hydrogen-bond acceptors (Lipinski definition) is 5. The van der Waals surface area contributed by atoms with Gasteiger partial charge in [0.15, 0.2) is 5.69 Å². The standard InChI is InChI=1S/C14H21N3O3/c1-4-10-8-17(5-6-20-10)11-7-15-13(9(2)3)16-12(11)14(18)19/h7,9-10H,4-6,8H2,1-3H3,(H,18,19). The van der Waals surface area contributed by atoms with Crippen LogP contribution in [0.5, 0.6) is 0 Å². The highest BCUT2D eigenvalue weighted by molar-refractivity contribution is 5.92. The Hall–Kier alpha value is -1.69. The fourth-order valence-corrected chi connectivity index (χ4v) is 2.24. The van der Waals surface area contributed by atoms with Gasteiger partial charge in [-0.25, -0.2) is 14.8 Å². The molecular formula is C14H21N3O3. The average Bonchev–Trinajstić information content (AvgIpc) is 2.46. The van der Waals surface area contributed by atoms with Gasteiger partial charge in [0.25, 0.3) is 0 Å². The van der Waals surface area contributed by atoms with Gasteiger partial charge in [0.1, 0.15) is 5.82 Å². The van der Waals surface area contributed by atoms with Crippen molar-refractivity contribution in [2.75, 3.05) is 24.6 Å². The van der Waals surface area contributed by atoms with E-state index in [0.717, 1.165) is 6.42 Å².